The second-order valence-corrected chi connectivity index (χ2v) is 9.04. The van der Waals surface area contributed by atoms with Crippen molar-refractivity contribution >= 4 is 51.8 Å². The van der Waals surface area contributed by atoms with Crippen LogP contribution in [0.15, 0.2) is 27.8 Å². The van der Waals surface area contributed by atoms with Crippen LogP contribution in [0, 0.1) is 3.57 Å². The molecule has 1 aromatic heterocycles. The van der Waals surface area contributed by atoms with E-state index in [9.17, 15) is 14.4 Å². The van der Waals surface area contributed by atoms with Gasteiger partial charge in [0.1, 0.15) is 12.7 Å². The predicted molar refractivity (Wildman–Crippen MR) is 124 cm³/mol. The molecule has 3 rings (SSSR count). The molecule has 2 aromatic rings. The van der Waals surface area contributed by atoms with Gasteiger partial charge in [-0.05, 0) is 54.6 Å². The number of anilines is 2. The third-order valence-electron chi connectivity index (χ3n) is 4.49. The molecule has 11 nitrogen and oxygen atoms in total. The minimum atomic E-state index is -1.06. The van der Waals surface area contributed by atoms with Crippen molar-refractivity contribution in [3.8, 4) is 5.75 Å². The van der Waals surface area contributed by atoms with E-state index in [1.807, 2.05) is 0 Å². The summed E-state index contributed by atoms with van der Waals surface area (Å²) in [6.45, 7) is 3.83. The highest BCUT2D eigenvalue weighted by molar-refractivity contribution is 14.1. The Morgan fingerprint density at radius 1 is 1.31 bits per heavy atom. The molecule has 0 saturated carbocycles. The molecule has 1 aliphatic rings. The van der Waals surface area contributed by atoms with E-state index >= 15 is 0 Å². The highest BCUT2D eigenvalue weighted by Crippen LogP contribution is 2.29. The van der Waals surface area contributed by atoms with Crippen molar-refractivity contribution in [2.24, 2.45) is 14.1 Å². The monoisotopic (exact) mass is 580 g/mol. The number of carbonyl (C=O) groups excluding carboxylic acids is 1. The van der Waals surface area contributed by atoms with Crippen molar-refractivity contribution in [3.05, 3.63) is 47.6 Å². The molecule has 1 aliphatic heterocycles. The third-order valence-corrected chi connectivity index (χ3v) is 5.48. The summed E-state index contributed by atoms with van der Waals surface area (Å²) in [5, 5.41) is 3.24. The third kappa shape index (κ3) is 5.61. The maximum atomic E-state index is 12.7. The zero-order valence-corrected chi connectivity index (χ0v) is 20.6. The van der Waals surface area contributed by atoms with Crippen LogP contribution in [0.4, 0.5) is 16.3 Å². The van der Waals surface area contributed by atoms with E-state index in [4.69, 9.17) is 30.6 Å². The van der Waals surface area contributed by atoms with Gasteiger partial charge in [-0.25, -0.2) is 9.59 Å². The van der Waals surface area contributed by atoms with Gasteiger partial charge in [0.05, 0.1) is 17.3 Å². The van der Waals surface area contributed by atoms with E-state index in [1.165, 1.54) is 14.1 Å². The van der Waals surface area contributed by atoms with Crippen LogP contribution in [0.3, 0.4) is 0 Å². The molecular weight excluding hydrogens is 559 g/mol. The summed E-state index contributed by atoms with van der Waals surface area (Å²) in [6, 6.07) is 5.15. The number of rotatable bonds is 6. The number of aromatic nitrogens is 2. The second-order valence-electron chi connectivity index (χ2n) is 7.39. The number of ether oxygens (including phenoxy) is 3. The van der Waals surface area contributed by atoms with Gasteiger partial charge in [-0.15, -0.1) is 0 Å². The Hall–Kier alpha value is -2.13. The molecule has 0 aliphatic carbocycles. The number of nitrogens with zero attached hydrogens (tertiary/aromatic N) is 2. The van der Waals surface area contributed by atoms with Crippen LogP contribution in [-0.4, -0.2) is 40.3 Å². The topological polar surface area (TPSA) is 122 Å². The van der Waals surface area contributed by atoms with Gasteiger partial charge in [0.15, 0.2) is 11.6 Å². The first-order valence-electron chi connectivity index (χ1n) is 9.42. The Kier molecular flexibility index (Phi) is 7.50. The smallest absolute Gasteiger partial charge is 0.399 e. The highest BCUT2D eigenvalue weighted by atomic mass is 127. The lowest BCUT2D eigenvalue weighted by molar-refractivity contribution is -0.147. The van der Waals surface area contributed by atoms with Gasteiger partial charge in [0.25, 0.3) is 0 Å². The number of benzene rings is 1. The first-order valence-corrected chi connectivity index (χ1v) is 10.9. The average molecular weight is 581 g/mol. The van der Waals surface area contributed by atoms with Crippen molar-refractivity contribution in [1.82, 2.24) is 14.6 Å². The molecule has 174 valence electrons. The molecule has 1 fully saturated rings. The summed E-state index contributed by atoms with van der Waals surface area (Å²) in [5.74, 6) is -1.19. The summed E-state index contributed by atoms with van der Waals surface area (Å²) in [7, 11) is 2.69. The van der Waals surface area contributed by atoms with Crippen LogP contribution in [-0.2, 0) is 28.4 Å². The van der Waals surface area contributed by atoms with Gasteiger partial charge < -0.3 is 19.5 Å². The molecule has 0 unspecified atom stereocenters. The number of carbonyl (C=O) groups is 1. The van der Waals surface area contributed by atoms with Crippen molar-refractivity contribution in [1.29, 1.82) is 0 Å². The molecular formula is C19H22ClIN4O7. The van der Waals surface area contributed by atoms with Crippen LogP contribution >= 0.6 is 34.2 Å². The largest absolute Gasteiger partial charge is 0.437 e. The Labute approximate surface area is 201 Å². The van der Waals surface area contributed by atoms with Crippen LogP contribution in [0.2, 0.25) is 5.02 Å². The molecule has 1 atom stereocenters. The van der Waals surface area contributed by atoms with E-state index in [0.717, 1.165) is 12.7 Å². The number of hydrogen-bond donors (Lipinski definition) is 2. The molecule has 1 aromatic carbocycles. The summed E-state index contributed by atoms with van der Waals surface area (Å²) in [5.41, 5.74) is 1.06. The standard InChI is InChI=1S/C19H22ClIN4O7/c1-19(2)29-8-11(32-19)9-30-23-17(27)31-14-15(24(3)18(28)25(4)16(14)26)22-13-6-5-10(21)7-12(13)20/h5-7,11,22H,8-9H2,1-4H3,(H,23,27)/t11-/m1/s1. The fourth-order valence-corrected chi connectivity index (χ4v) is 3.82. The summed E-state index contributed by atoms with van der Waals surface area (Å²) < 4.78 is 19.0. The molecule has 1 saturated heterocycles. The van der Waals surface area contributed by atoms with E-state index in [0.29, 0.717) is 17.3 Å². The van der Waals surface area contributed by atoms with Crippen LogP contribution < -0.4 is 26.8 Å². The SMILES string of the molecule is Cn1c(Nc2ccc(I)cc2Cl)c(OC(=O)NOC[C@H]2COC(C)(C)O2)c(=O)n(C)c1=O. The average Bonchev–Trinajstić information content (AvgIpc) is 3.07. The number of nitrogens with one attached hydrogen (secondary N) is 2. The number of hydroxylamine groups is 1. The first-order chi connectivity index (χ1) is 15.0. The van der Waals surface area contributed by atoms with Gasteiger partial charge in [-0.2, -0.15) is 5.48 Å². The fraction of sp³-hybridized carbons (Fsp3) is 0.421. The van der Waals surface area contributed by atoms with E-state index in [2.05, 4.69) is 33.4 Å². The molecule has 2 N–H and O–H groups in total. The Balaban J connectivity index is 1.78. The van der Waals surface area contributed by atoms with Crippen molar-refractivity contribution in [2.75, 3.05) is 18.5 Å². The minimum Gasteiger partial charge on any atom is -0.399 e. The van der Waals surface area contributed by atoms with Crippen LogP contribution in [0.5, 0.6) is 5.75 Å². The Morgan fingerprint density at radius 3 is 2.66 bits per heavy atom. The number of amides is 1. The van der Waals surface area contributed by atoms with Gasteiger partial charge >= 0.3 is 17.3 Å². The molecule has 0 spiro atoms. The predicted octanol–water partition coefficient (Wildman–Crippen LogP) is 2.26. The number of hydrogen-bond acceptors (Lipinski definition) is 8. The lowest BCUT2D eigenvalue weighted by Crippen LogP contribution is -2.40. The highest BCUT2D eigenvalue weighted by Gasteiger charge is 2.33. The lowest BCUT2D eigenvalue weighted by Gasteiger charge is -2.18. The summed E-state index contributed by atoms with van der Waals surface area (Å²) in [6.07, 6.45) is -1.44. The molecule has 2 heterocycles. The van der Waals surface area contributed by atoms with Crippen molar-refractivity contribution < 1.29 is 23.8 Å². The molecule has 1 amide bonds. The van der Waals surface area contributed by atoms with E-state index in [1.54, 1.807) is 32.0 Å². The van der Waals surface area contributed by atoms with Crippen LogP contribution in [0.1, 0.15) is 13.8 Å². The first kappa shape index (κ1) is 24.5. The zero-order valence-electron chi connectivity index (χ0n) is 17.7. The molecule has 13 heteroatoms. The Morgan fingerprint density at radius 2 is 2.03 bits per heavy atom. The summed E-state index contributed by atoms with van der Waals surface area (Å²) >= 11 is 8.35. The summed E-state index contributed by atoms with van der Waals surface area (Å²) in [4.78, 5) is 42.4. The molecule has 0 radical (unpaired) electrons. The molecule has 32 heavy (non-hydrogen) atoms. The maximum absolute atomic E-state index is 12.7. The number of halogens is 2. The van der Waals surface area contributed by atoms with Gasteiger partial charge in [0, 0.05) is 17.7 Å². The van der Waals surface area contributed by atoms with Gasteiger partial charge in [0.2, 0.25) is 5.75 Å². The molecule has 0 bridgehead atoms. The van der Waals surface area contributed by atoms with Crippen molar-refractivity contribution in [3.63, 3.8) is 0 Å². The normalized spacial score (nSPS) is 17.2. The Bertz CT molecular complexity index is 1150. The maximum Gasteiger partial charge on any atom is 0.437 e. The van der Waals surface area contributed by atoms with Crippen LogP contribution in [0.25, 0.3) is 0 Å². The quantitative estimate of drug-likeness (QED) is 0.394. The van der Waals surface area contributed by atoms with Gasteiger partial charge in [-0.3, -0.25) is 18.8 Å². The minimum absolute atomic E-state index is 0.00712. The second kappa shape index (κ2) is 9.79. The van der Waals surface area contributed by atoms with E-state index in [-0.39, 0.29) is 18.5 Å². The van der Waals surface area contributed by atoms with Gasteiger partial charge in [-0.1, -0.05) is 11.6 Å². The van der Waals surface area contributed by atoms with E-state index < -0.39 is 28.9 Å². The lowest BCUT2D eigenvalue weighted by atomic mass is 10.3. The van der Waals surface area contributed by atoms with Crippen molar-refractivity contribution in [2.45, 2.75) is 25.7 Å². The zero-order chi connectivity index (χ0) is 23.6. The fourth-order valence-electron chi connectivity index (χ4n) is 2.92.